The van der Waals surface area contributed by atoms with E-state index < -0.39 is 0 Å². The molecule has 0 saturated carbocycles. The molecule has 3 rings (SSSR count). The number of amides is 1. The number of likely N-dealkylation sites (N-methyl/N-ethyl adjacent to an activating group) is 1. The first-order valence-electron chi connectivity index (χ1n) is 10.5. The van der Waals surface area contributed by atoms with Crippen molar-refractivity contribution in [2.45, 2.75) is 13.0 Å². The summed E-state index contributed by atoms with van der Waals surface area (Å²) in [7, 11) is 5.97. The van der Waals surface area contributed by atoms with Crippen LogP contribution in [-0.2, 0) is 17.8 Å². The maximum absolute atomic E-state index is 12.6. The minimum absolute atomic E-state index is 0.194. The summed E-state index contributed by atoms with van der Waals surface area (Å²) in [6.45, 7) is 6.26. The van der Waals surface area contributed by atoms with Crippen molar-refractivity contribution in [3.05, 3.63) is 65.7 Å². The summed E-state index contributed by atoms with van der Waals surface area (Å²) in [6, 6.07) is 19.1. The fourth-order valence-corrected chi connectivity index (χ4v) is 3.68. The average Bonchev–Trinajstić information content (AvgIpc) is 2.74. The fraction of sp³-hybridized carbons (Fsp3) is 0.458. The van der Waals surface area contributed by atoms with Gasteiger partial charge in [-0.05, 0) is 29.7 Å². The molecule has 5 nitrogen and oxygen atoms in total. The van der Waals surface area contributed by atoms with Crippen molar-refractivity contribution >= 4 is 11.6 Å². The Balaban J connectivity index is 1.38. The summed E-state index contributed by atoms with van der Waals surface area (Å²) < 4.78 is 0. The van der Waals surface area contributed by atoms with Crippen LogP contribution >= 0.6 is 0 Å². The Hall–Kier alpha value is -2.37. The summed E-state index contributed by atoms with van der Waals surface area (Å²) in [5, 5.41) is 0. The lowest BCUT2D eigenvalue weighted by molar-refractivity contribution is -0.132. The highest BCUT2D eigenvalue weighted by atomic mass is 16.2. The highest BCUT2D eigenvalue weighted by molar-refractivity contribution is 5.78. The summed E-state index contributed by atoms with van der Waals surface area (Å²) >= 11 is 0. The van der Waals surface area contributed by atoms with Crippen molar-refractivity contribution in [2.24, 2.45) is 0 Å². The first kappa shape index (κ1) is 21.3. The topological polar surface area (TPSA) is 30.0 Å². The van der Waals surface area contributed by atoms with Gasteiger partial charge < -0.3 is 14.7 Å². The number of hydrogen-bond donors (Lipinski definition) is 0. The van der Waals surface area contributed by atoms with Gasteiger partial charge in [-0.25, -0.2) is 0 Å². The molecule has 1 saturated heterocycles. The molecule has 1 amide bonds. The molecule has 0 bridgehead atoms. The molecule has 2 aromatic rings. The van der Waals surface area contributed by atoms with Crippen LogP contribution in [0.3, 0.4) is 0 Å². The lowest BCUT2D eigenvalue weighted by Crippen LogP contribution is -2.49. The van der Waals surface area contributed by atoms with Gasteiger partial charge >= 0.3 is 0 Å². The number of anilines is 1. The van der Waals surface area contributed by atoms with Crippen LogP contribution in [0.15, 0.2) is 54.6 Å². The van der Waals surface area contributed by atoms with Crippen LogP contribution in [0.2, 0.25) is 0 Å². The predicted octanol–water partition coefficient (Wildman–Crippen LogP) is 2.57. The normalized spacial score (nSPS) is 15.3. The zero-order valence-electron chi connectivity index (χ0n) is 18.1. The Bertz CT molecular complexity index is 752. The van der Waals surface area contributed by atoms with E-state index >= 15 is 0 Å². The van der Waals surface area contributed by atoms with Crippen LogP contribution in [-0.4, -0.2) is 81.0 Å². The molecule has 2 aromatic carbocycles. The van der Waals surface area contributed by atoms with E-state index in [9.17, 15) is 4.79 Å². The van der Waals surface area contributed by atoms with Crippen LogP contribution in [0.4, 0.5) is 5.69 Å². The van der Waals surface area contributed by atoms with E-state index in [0.29, 0.717) is 13.1 Å². The second-order valence-electron chi connectivity index (χ2n) is 8.16. The highest BCUT2D eigenvalue weighted by Gasteiger charge is 2.20. The van der Waals surface area contributed by atoms with Gasteiger partial charge in [-0.2, -0.15) is 0 Å². The third-order valence-corrected chi connectivity index (χ3v) is 5.68. The van der Waals surface area contributed by atoms with Crippen molar-refractivity contribution in [1.82, 2.24) is 14.7 Å². The Morgan fingerprint density at radius 1 is 0.828 bits per heavy atom. The number of hydrogen-bond acceptors (Lipinski definition) is 4. The standard InChI is InChI=1S/C24H34N4O/c1-25(2)23-11-9-22(10-12-23)19-26(3)24(29)20-28-17-15-27(16-18-28)14-13-21-7-5-4-6-8-21/h4-12H,13-20H2,1-3H3. The molecular weight excluding hydrogens is 360 g/mol. The van der Waals surface area contributed by atoms with Gasteiger partial charge in [-0.3, -0.25) is 9.69 Å². The van der Waals surface area contributed by atoms with Crippen LogP contribution in [0.5, 0.6) is 0 Å². The molecular formula is C24H34N4O. The number of carbonyl (C=O) groups excluding carboxylic acids is 1. The lowest BCUT2D eigenvalue weighted by atomic mass is 10.1. The molecule has 1 aliphatic rings. The second-order valence-corrected chi connectivity index (χ2v) is 8.16. The molecule has 0 unspecified atom stereocenters. The van der Waals surface area contributed by atoms with Gasteiger partial charge in [0.1, 0.15) is 0 Å². The maximum Gasteiger partial charge on any atom is 0.236 e. The first-order chi connectivity index (χ1) is 14.0. The number of rotatable bonds is 8. The van der Waals surface area contributed by atoms with Crippen LogP contribution < -0.4 is 4.90 Å². The Morgan fingerprint density at radius 3 is 2.07 bits per heavy atom. The number of piperazine rings is 1. The molecule has 1 aliphatic heterocycles. The lowest BCUT2D eigenvalue weighted by Gasteiger charge is -2.35. The number of carbonyl (C=O) groups is 1. The summed E-state index contributed by atoms with van der Waals surface area (Å²) in [4.78, 5) is 21.4. The van der Waals surface area contributed by atoms with Crippen LogP contribution in [0.1, 0.15) is 11.1 Å². The van der Waals surface area contributed by atoms with Crippen molar-refractivity contribution in [1.29, 1.82) is 0 Å². The van der Waals surface area contributed by atoms with E-state index in [2.05, 4.69) is 69.3 Å². The quantitative estimate of drug-likeness (QED) is 0.688. The number of nitrogens with zero attached hydrogens (tertiary/aromatic N) is 4. The summed E-state index contributed by atoms with van der Waals surface area (Å²) in [5.41, 5.74) is 3.73. The second kappa shape index (κ2) is 10.4. The van der Waals surface area contributed by atoms with Crippen molar-refractivity contribution < 1.29 is 4.79 Å². The van der Waals surface area contributed by atoms with Gasteiger partial charge in [-0.15, -0.1) is 0 Å². The first-order valence-corrected chi connectivity index (χ1v) is 10.5. The highest BCUT2D eigenvalue weighted by Crippen LogP contribution is 2.13. The van der Waals surface area contributed by atoms with Crippen molar-refractivity contribution in [2.75, 3.05) is 65.3 Å². The van der Waals surface area contributed by atoms with Crippen molar-refractivity contribution in [3.8, 4) is 0 Å². The third kappa shape index (κ3) is 6.58. The molecule has 5 heteroatoms. The zero-order chi connectivity index (χ0) is 20.6. The van der Waals surface area contributed by atoms with E-state index in [-0.39, 0.29) is 5.91 Å². The average molecular weight is 395 g/mol. The molecule has 29 heavy (non-hydrogen) atoms. The molecule has 0 aromatic heterocycles. The predicted molar refractivity (Wildman–Crippen MR) is 120 cm³/mol. The summed E-state index contributed by atoms with van der Waals surface area (Å²) in [6.07, 6.45) is 1.09. The smallest absolute Gasteiger partial charge is 0.236 e. The van der Waals surface area contributed by atoms with Crippen molar-refractivity contribution in [3.63, 3.8) is 0 Å². The van der Waals surface area contributed by atoms with Crippen LogP contribution in [0, 0.1) is 0 Å². The van der Waals surface area contributed by atoms with Crippen LogP contribution in [0.25, 0.3) is 0 Å². The monoisotopic (exact) mass is 394 g/mol. The van der Waals surface area contributed by atoms with Gasteiger partial charge in [0.05, 0.1) is 6.54 Å². The summed E-state index contributed by atoms with van der Waals surface area (Å²) in [5.74, 6) is 0.194. The van der Waals surface area contributed by atoms with E-state index in [1.807, 2.05) is 26.0 Å². The molecule has 0 aliphatic carbocycles. The van der Waals surface area contributed by atoms with Gasteiger partial charge in [0.25, 0.3) is 0 Å². The van der Waals surface area contributed by atoms with E-state index in [0.717, 1.165) is 44.7 Å². The molecule has 0 atom stereocenters. The SMILES string of the molecule is CN(Cc1ccc(N(C)C)cc1)C(=O)CN1CCN(CCc2ccccc2)CC1. The van der Waals surface area contributed by atoms with E-state index in [1.54, 1.807) is 0 Å². The van der Waals surface area contributed by atoms with Gasteiger partial charge in [-0.1, -0.05) is 42.5 Å². The molecule has 1 fully saturated rings. The molecule has 0 spiro atoms. The van der Waals surface area contributed by atoms with E-state index in [4.69, 9.17) is 0 Å². The fourth-order valence-electron chi connectivity index (χ4n) is 3.68. The minimum atomic E-state index is 0.194. The number of benzene rings is 2. The minimum Gasteiger partial charge on any atom is -0.378 e. The van der Waals surface area contributed by atoms with Gasteiger partial charge in [0, 0.05) is 66.1 Å². The third-order valence-electron chi connectivity index (χ3n) is 5.68. The molecule has 0 N–H and O–H groups in total. The Labute approximate surface area is 175 Å². The largest absolute Gasteiger partial charge is 0.378 e. The molecule has 0 radical (unpaired) electrons. The van der Waals surface area contributed by atoms with Gasteiger partial charge in [0.15, 0.2) is 0 Å². The Kier molecular flexibility index (Phi) is 7.67. The molecule has 156 valence electrons. The van der Waals surface area contributed by atoms with Gasteiger partial charge in [0.2, 0.25) is 5.91 Å². The Morgan fingerprint density at radius 2 is 1.45 bits per heavy atom. The van der Waals surface area contributed by atoms with E-state index in [1.165, 1.54) is 11.3 Å². The zero-order valence-corrected chi connectivity index (χ0v) is 18.1. The molecule has 1 heterocycles. The maximum atomic E-state index is 12.6.